The number of nitrogens with one attached hydrogen (secondary N) is 1. The fourth-order valence-corrected chi connectivity index (χ4v) is 1.29. The topological polar surface area (TPSA) is 29.1 Å². The molecule has 0 saturated carbocycles. The van der Waals surface area contributed by atoms with E-state index < -0.39 is 0 Å². The number of carbonyl (C=O) groups excluding carboxylic acids is 1. The molecule has 0 aromatic heterocycles. The second kappa shape index (κ2) is 5.15. The summed E-state index contributed by atoms with van der Waals surface area (Å²) in [5.41, 5.74) is 1.12. The van der Waals surface area contributed by atoms with E-state index in [0.717, 1.165) is 5.56 Å². The van der Waals surface area contributed by atoms with E-state index in [1.54, 1.807) is 0 Å². The molecule has 0 bridgehead atoms. The number of amides is 1. The fourth-order valence-electron chi connectivity index (χ4n) is 1.15. The molecule has 0 heterocycles. The number of benzene rings is 1. The van der Waals surface area contributed by atoms with Crippen LogP contribution in [-0.2, 0) is 4.79 Å². The number of hydrogen-bond acceptors (Lipinski definition) is 1. The molecule has 1 aromatic carbocycles. The minimum atomic E-state index is -0.145. The lowest BCUT2D eigenvalue weighted by Gasteiger charge is -2.15. The highest BCUT2D eigenvalue weighted by Crippen LogP contribution is 2.11. The molecule has 76 valence electrons. The molecule has 1 aromatic rings. The van der Waals surface area contributed by atoms with E-state index in [1.807, 2.05) is 44.2 Å². The SMILES string of the molecule is C[C@H](NC(=O)[C@@H](C)Br)c1ccccc1. The third kappa shape index (κ3) is 3.14. The van der Waals surface area contributed by atoms with Crippen LogP contribution in [0.1, 0.15) is 25.5 Å². The smallest absolute Gasteiger partial charge is 0.233 e. The molecule has 0 aliphatic carbocycles. The van der Waals surface area contributed by atoms with Crippen molar-refractivity contribution in [3.05, 3.63) is 35.9 Å². The van der Waals surface area contributed by atoms with Crippen molar-refractivity contribution in [1.82, 2.24) is 5.32 Å². The van der Waals surface area contributed by atoms with E-state index in [4.69, 9.17) is 0 Å². The molecular weight excluding hydrogens is 242 g/mol. The van der Waals surface area contributed by atoms with Gasteiger partial charge in [-0.2, -0.15) is 0 Å². The maximum absolute atomic E-state index is 11.4. The molecule has 14 heavy (non-hydrogen) atoms. The molecule has 1 N–H and O–H groups in total. The maximum Gasteiger partial charge on any atom is 0.233 e. The van der Waals surface area contributed by atoms with Crippen LogP contribution in [0.5, 0.6) is 0 Å². The average molecular weight is 256 g/mol. The average Bonchev–Trinajstić information content (AvgIpc) is 2.19. The van der Waals surface area contributed by atoms with Crippen molar-refractivity contribution in [2.24, 2.45) is 0 Å². The first-order valence-electron chi connectivity index (χ1n) is 4.60. The van der Waals surface area contributed by atoms with E-state index in [9.17, 15) is 4.79 Å². The first-order valence-corrected chi connectivity index (χ1v) is 5.52. The first kappa shape index (κ1) is 11.2. The Hall–Kier alpha value is -0.830. The summed E-state index contributed by atoms with van der Waals surface area (Å²) in [6.45, 7) is 3.79. The molecule has 2 nitrogen and oxygen atoms in total. The molecule has 3 heteroatoms. The van der Waals surface area contributed by atoms with E-state index in [-0.39, 0.29) is 16.8 Å². The highest BCUT2D eigenvalue weighted by molar-refractivity contribution is 9.10. The summed E-state index contributed by atoms with van der Waals surface area (Å²) in [6, 6.07) is 9.97. The largest absolute Gasteiger partial charge is 0.349 e. The number of rotatable bonds is 3. The predicted molar refractivity (Wildman–Crippen MR) is 61.4 cm³/mol. The molecule has 0 radical (unpaired) electrons. The lowest BCUT2D eigenvalue weighted by molar-refractivity contribution is -0.120. The Balaban J connectivity index is 2.59. The predicted octanol–water partition coefficient (Wildman–Crippen LogP) is 2.65. The van der Waals surface area contributed by atoms with E-state index in [2.05, 4.69) is 21.2 Å². The van der Waals surface area contributed by atoms with Gasteiger partial charge in [0.2, 0.25) is 5.91 Å². The molecule has 0 saturated heterocycles. The zero-order valence-corrected chi connectivity index (χ0v) is 9.91. The van der Waals surface area contributed by atoms with Gasteiger partial charge in [0.15, 0.2) is 0 Å². The van der Waals surface area contributed by atoms with Crippen molar-refractivity contribution >= 4 is 21.8 Å². The van der Waals surface area contributed by atoms with E-state index >= 15 is 0 Å². The van der Waals surface area contributed by atoms with Crippen LogP contribution >= 0.6 is 15.9 Å². The molecule has 0 aliphatic rings. The minimum Gasteiger partial charge on any atom is -0.349 e. The first-order chi connectivity index (χ1) is 6.61. The van der Waals surface area contributed by atoms with Crippen molar-refractivity contribution < 1.29 is 4.79 Å². The van der Waals surface area contributed by atoms with Gasteiger partial charge >= 0.3 is 0 Å². The highest BCUT2D eigenvalue weighted by Gasteiger charge is 2.12. The van der Waals surface area contributed by atoms with Crippen LogP contribution in [0, 0.1) is 0 Å². The van der Waals surface area contributed by atoms with Gasteiger partial charge in [0.25, 0.3) is 0 Å². The van der Waals surface area contributed by atoms with Gasteiger partial charge < -0.3 is 5.32 Å². The molecule has 1 amide bonds. The van der Waals surface area contributed by atoms with Crippen LogP contribution in [0.25, 0.3) is 0 Å². The van der Waals surface area contributed by atoms with Crippen LogP contribution < -0.4 is 5.32 Å². The van der Waals surface area contributed by atoms with Gasteiger partial charge in [-0.25, -0.2) is 0 Å². The van der Waals surface area contributed by atoms with Gasteiger partial charge in [-0.1, -0.05) is 46.3 Å². The number of carbonyl (C=O) groups is 1. The van der Waals surface area contributed by atoms with Gasteiger partial charge in [0.1, 0.15) is 0 Å². The normalized spacial score (nSPS) is 14.5. The van der Waals surface area contributed by atoms with Crippen LogP contribution in [0.3, 0.4) is 0 Å². The van der Waals surface area contributed by atoms with Crippen LogP contribution in [0.2, 0.25) is 0 Å². The number of alkyl halides is 1. The lowest BCUT2D eigenvalue weighted by atomic mass is 10.1. The Morgan fingerprint density at radius 3 is 2.36 bits per heavy atom. The number of halogens is 1. The number of hydrogen-bond donors (Lipinski definition) is 1. The standard InChI is InChI=1S/C11H14BrNO/c1-8(12)11(14)13-9(2)10-6-4-3-5-7-10/h3-9H,1-2H3,(H,13,14)/t8-,9+/m1/s1. The van der Waals surface area contributed by atoms with Gasteiger partial charge in [0.05, 0.1) is 10.9 Å². The van der Waals surface area contributed by atoms with Crippen molar-refractivity contribution in [3.8, 4) is 0 Å². The van der Waals surface area contributed by atoms with Gasteiger partial charge in [0, 0.05) is 0 Å². The monoisotopic (exact) mass is 255 g/mol. The van der Waals surface area contributed by atoms with Crippen molar-refractivity contribution in [1.29, 1.82) is 0 Å². The Kier molecular flexibility index (Phi) is 4.14. The van der Waals surface area contributed by atoms with Crippen molar-refractivity contribution in [3.63, 3.8) is 0 Å². The quantitative estimate of drug-likeness (QED) is 0.827. The van der Waals surface area contributed by atoms with Crippen LogP contribution in [-0.4, -0.2) is 10.7 Å². The minimum absolute atomic E-state index is 0.0151. The Morgan fingerprint density at radius 2 is 1.86 bits per heavy atom. The zero-order chi connectivity index (χ0) is 10.6. The summed E-state index contributed by atoms with van der Waals surface area (Å²) >= 11 is 3.23. The molecule has 2 atom stereocenters. The highest BCUT2D eigenvalue weighted by atomic mass is 79.9. The summed E-state index contributed by atoms with van der Waals surface area (Å²) in [5, 5.41) is 2.91. The van der Waals surface area contributed by atoms with E-state index in [0.29, 0.717) is 0 Å². The van der Waals surface area contributed by atoms with E-state index in [1.165, 1.54) is 0 Å². The summed E-state index contributed by atoms with van der Waals surface area (Å²) in [7, 11) is 0. The summed E-state index contributed by atoms with van der Waals surface area (Å²) < 4.78 is 0. The zero-order valence-electron chi connectivity index (χ0n) is 8.33. The Morgan fingerprint density at radius 1 is 1.29 bits per heavy atom. The van der Waals surface area contributed by atoms with Gasteiger partial charge in [-0.3, -0.25) is 4.79 Å². The second-order valence-corrected chi connectivity index (χ2v) is 4.63. The Bertz CT molecular complexity index is 297. The maximum atomic E-state index is 11.4. The summed E-state index contributed by atoms with van der Waals surface area (Å²) in [4.78, 5) is 11.2. The fraction of sp³-hybridized carbons (Fsp3) is 0.364. The summed E-state index contributed by atoms with van der Waals surface area (Å²) in [5.74, 6) is 0.0151. The molecule has 0 spiro atoms. The lowest BCUT2D eigenvalue weighted by Crippen LogP contribution is -2.31. The molecule has 0 fully saturated rings. The van der Waals surface area contributed by atoms with Crippen LogP contribution in [0.15, 0.2) is 30.3 Å². The van der Waals surface area contributed by atoms with Crippen molar-refractivity contribution in [2.45, 2.75) is 24.7 Å². The molecule has 1 rings (SSSR count). The summed E-state index contributed by atoms with van der Waals surface area (Å²) in [6.07, 6.45) is 0. The van der Waals surface area contributed by atoms with Gasteiger partial charge in [-0.15, -0.1) is 0 Å². The van der Waals surface area contributed by atoms with Gasteiger partial charge in [-0.05, 0) is 19.4 Å². The van der Waals surface area contributed by atoms with Crippen LogP contribution in [0.4, 0.5) is 0 Å². The second-order valence-electron chi connectivity index (χ2n) is 3.26. The molecular formula is C11H14BrNO. The third-order valence-corrected chi connectivity index (χ3v) is 2.44. The molecule has 0 unspecified atom stereocenters. The van der Waals surface area contributed by atoms with Crippen molar-refractivity contribution in [2.75, 3.05) is 0 Å². The third-order valence-electron chi connectivity index (χ3n) is 2.02. The molecule has 0 aliphatic heterocycles. The Labute approximate surface area is 92.8 Å².